The van der Waals surface area contributed by atoms with Crippen LogP contribution in [-0.4, -0.2) is 17.8 Å². The number of ether oxygens (including phenoxy) is 3. The van der Waals surface area contributed by atoms with E-state index in [1.165, 1.54) is 0 Å². The monoisotopic (exact) mass is 439 g/mol. The van der Waals surface area contributed by atoms with Crippen molar-refractivity contribution in [1.29, 1.82) is 0 Å². The molecule has 0 bridgehead atoms. The van der Waals surface area contributed by atoms with Crippen molar-refractivity contribution < 1.29 is 24.1 Å². The average Bonchev–Trinajstić information content (AvgIpc) is 3.21. The number of hydrogen-bond acceptors (Lipinski definition) is 5. The molecule has 4 rings (SSSR count). The first-order chi connectivity index (χ1) is 14.8. The number of amides is 1. The molecule has 0 aliphatic carbocycles. The van der Waals surface area contributed by atoms with Crippen LogP contribution in [0.4, 0.5) is 0 Å². The van der Waals surface area contributed by atoms with Crippen LogP contribution >= 0.6 is 11.6 Å². The topological polar surface area (TPSA) is 77.0 Å². The Morgan fingerprint density at radius 2 is 1.81 bits per heavy atom. The molecular formula is C24H22ClNO5. The number of fused-ring (bicyclic) bond motifs is 1. The Hall–Kier alpha value is -3.22. The van der Waals surface area contributed by atoms with Crippen LogP contribution in [0.5, 0.6) is 23.0 Å². The molecule has 6 nitrogen and oxygen atoms in total. The van der Waals surface area contributed by atoms with Gasteiger partial charge in [-0.1, -0.05) is 35.9 Å². The van der Waals surface area contributed by atoms with Crippen LogP contribution in [0.15, 0.2) is 60.7 Å². The van der Waals surface area contributed by atoms with Gasteiger partial charge in [-0.15, -0.1) is 0 Å². The molecule has 3 aromatic rings. The van der Waals surface area contributed by atoms with E-state index in [1.807, 2.05) is 24.3 Å². The maximum Gasteiger partial charge on any atom is 0.255 e. The van der Waals surface area contributed by atoms with Gasteiger partial charge in [0.25, 0.3) is 5.91 Å². The van der Waals surface area contributed by atoms with Crippen molar-refractivity contribution in [2.45, 2.75) is 26.0 Å². The van der Waals surface area contributed by atoms with Crippen LogP contribution in [0.2, 0.25) is 5.02 Å². The Bertz CT molecular complexity index is 1110. The summed E-state index contributed by atoms with van der Waals surface area (Å²) < 4.78 is 16.6. The molecule has 0 fully saturated rings. The zero-order valence-electron chi connectivity index (χ0n) is 17.1. The summed E-state index contributed by atoms with van der Waals surface area (Å²) in [7, 11) is 0. The number of hydrogen-bond donors (Lipinski definition) is 2. The number of benzene rings is 3. The maximum absolute atomic E-state index is 12.9. The summed E-state index contributed by atoms with van der Waals surface area (Å²) in [6.07, 6.45) is 0. The first kappa shape index (κ1) is 21.0. The molecule has 160 valence electrons. The molecule has 0 saturated carbocycles. The van der Waals surface area contributed by atoms with E-state index in [1.54, 1.807) is 50.2 Å². The highest BCUT2D eigenvalue weighted by Gasteiger charge is 2.18. The van der Waals surface area contributed by atoms with E-state index >= 15 is 0 Å². The van der Waals surface area contributed by atoms with Gasteiger partial charge in [0.05, 0.1) is 11.2 Å². The Morgan fingerprint density at radius 3 is 2.55 bits per heavy atom. The minimum absolute atomic E-state index is 0.171. The van der Waals surface area contributed by atoms with Gasteiger partial charge < -0.3 is 24.6 Å². The van der Waals surface area contributed by atoms with Gasteiger partial charge in [-0.3, -0.25) is 4.79 Å². The van der Waals surface area contributed by atoms with Gasteiger partial charge in [-0.25, -0.2) is 0 Å². The molecule has 0 aromatic heterocycles. The van der Waals surface area contributed by atoms with Gasteiger partial charge in [0.2, 0.25) is 6.79 Å². The molecular weight excluding hydrogens is 418 g/mol. The van der Waals surface area contributed by atoms with Crippen molar-refractivity contribution in [3.05, 3.63) is 82.4 Å². The Balaban J connectivity index is 1.48. The molecule has 1 aliphatic rings. The lowest BCUT2D eigenvalue weighted by molar-refractivity contribution is 0.0785. The zero-order chi connectivity index (χ0) is 22.0. The minimum Gasteiger partial charge on any atom is -0.456 e. The Morgan fingerprint density at radius 1 is 1.06 bits per heavy atom. The van der Waals surface area contributed by atoms with E-state index < -0.39 is 5.60 Å². The number of rotatable bonds is 6. The highest BCUT2D eigenvalue weighted by Crippen LogP contribution is 2.37. The summed E-state index contributed by atoms with van der Waals surface area (Å²) >= 11 is 6.12. The number of carbonyl (C=O) groups excluding carboxylic acids is 1. The molecule has 2 N–H and O–H groups in total. The summed E-state index contributed by atoms with van der Waals surface area (Å²) in [6.45, 7) is 3.94. The number of halogens is 1. The second-order valence-electron chi connectivity index (χ2n) is 7.70. The standard InChI is InChI=1S/C24H22ClNO5/c1-24(2,28)16-5-3-15(4-6-16)13-26-23(27)19-11-17(25)7-9-20(19)31-18-8-10-21-22(12-18)30-14-29-21/h3-12,28H,13-14H2,1-2H3,(H,26,27). The van der Waals surface area contributed by atoms with Crippen LogP contribution < -0.4 is 19.5 Å². The molecule has 3 aromatic carbocycles. The van der Waals surface area contributed by atoms with Gasteiger partial charge in [0.1, 0.15) is 11.5 Å². The van der Waals surface area contributed by atoms with Crippen molar-refractivity contribution in [2.24, 2.45) is 0 Å². The van der Waals surface area contributed by atoms with Crippen LogP contribution in [0.3, 0.4) is 0 Å². The predicted molar refractivity (Wildman–Crippen MR) is 117 cm³/mol. The normalized spacial score (nSPS) is 12.5. The van der Waals surface area contributed by atoms with Crippen LogP contribution in [-0.2, 0) is 12.1 Å². The molecule has 1 aliphatic heterocycles. The van der Waals surface area contributed by atoms with Gasteiger partial charge in [-0.05, 0) is 55.3 Å². The van der Waals surface area contributed by atoms with Crippen LogP contribution in [0, 0.1) is 0 Å². The van der Waals surface area contributed by atoms with Crippen molar-refractivity contribution in [3.63, 3.8) is 0 Å². The summed E-state index contributed by atoms with van der Waals surface area (Å²) in [6, 6.07) is 17.5. The molecule has 1 heterocycles. The quantitative estimate of drug-likeness (QED) is 0.564. The van der Waals surface area contributed by atoms with E-state index in [0.717, 1.165) is 11.1 Å². The van der Waals surface area contributed by atoms with E-state index in [4.69, 9.17) is 25.8 Å². The third-order valence-electron chi connectivity index (χ3n) is 4.87. The fourth-order valence-corrected chi connectivity index (χ4v) is 3.32. The SMILES string of the molecule is CC(C)(O)c1ccc(CNC(=O)c2cc(Cl)ccc2Oc2ccc3c(c2)OCO3)cc1. The molecule has 31 heavy (non-hydrogen) atoms. The predicted octanol–water partition coefficient (Wildman–Crippen LogP) is 5.02. The van der Waals surface area contributed by atoms with Crippen LogP contribution in [0.25, 0.3) is 0 Å². The largest absolute Gasteiger partial charge is 0.456 e. The molecule has 0 unspecified atom stereocenters. The number of aliphatic hydroxyl groups is 1. The Kier molecular flexibility index (Phi) is 5.76. The summed E-state index contributed by atoms with van der Waals surface area (Å²) in [4.78, 5) is 12.9. The van der Waals surface area contributed by atoms with Crippen LogP contribution in [0.1, 0.15) is 35.3 Å². The second-order valence-corrected chi connectivity index (χ2v) is 8.13. The van der Waals surface area contributed by atoms with E-state index in [9.17, 15) is 9.90 Å². The maximum atomic E-state index is 12.9. The second kappa shape index (κ2) is 8.49. The zero-order valence-corrected chi connectivity index (χ0v) is 17.9. The number of carbonyl (C=O) groups is 1. The minimum atomic E-state index is -0.913. The lowest BCUT2D eigenvalue weighted by atomic mass is 9.97. The first-order valence-corrected chi connectivity index (χ1v) is 10.1. The van der Waals surface area contributed by atoms with E-state index in [2.05, 4.69) is 5.32 Å². The first-order valence-electron chi connectivity index (χ1n) is 9.77. The lowest BCUT2D eigenvalue weighted by Crippen LogP contribution is -2.23. The lowest BCUT2D eigenvalue weighted by Gasteiger charge is -2.18. The fraction of sp³-hybridized carbons (Fsp3) is 0.208. The van der Waals surface area contributed by atoms with Crippen molar-refractivity contribution >= 4 is 17.5 Å². The fourth-order valence-electron chi connectivity index (χ4n) is 3.14. The smallest absolute Gasteiger partial charge is 0.255 e. The average molecular weight is 440 g/mol. The van der Waals surface area contributed by atoms with Crippen molar-refractivity contribution in [2.75, 3.05) is 6.79 Å². The third kappa shape index (κ3) is 4.93. The Labute approximate surface area is 185 Å². The molecule has 0 atom stereocenters. The number of nitrogens with one attached hydrogen (secondary N) is 1. The summed E-state index contributed by atoms with van der Waals surface area (Å²) in [5, 5.41) is 13.4. The molecule has 1 amide bonds. The summed E-state index contributed by atoms with van der Waals surface area (Å²) in [5.41, 5.74) is 1.11. The van der Waals surface area contributed by atoms with E-state index in [0.29, 0.717) is 40.1 Å². The molecule has 0 saturated heterocycles. The van der Waals surface area contributed by atoms with Gasteiger partial charge in [0.15, 0.2) is 11.5 Å². The third-order valence-corrected chi connectivity index (χ3v) is 5.11. The van der Waals surface area contributed by atoms with Crippen molar-refractivity contribution in [1.82, 2.24) is 5.32 Å². The molecule has 7 heteroatoms. The molecule has 0 radical (unpaired) electrons. The highest BCUT2D eigenvalue weighted by molar-refractivity contribution is 6.31. The summed E-state index contributed by atoms with van der Waals surface area (Å²) in [5.74, 6) is 1.81. The van der Waals surface area contributed by atoms with Gasteiger partial charge >= 0.3 is 0 Å². The molecule has 0 spiro atoms. The highest BCUT2D eigenvalue weighted by atomic mass is 35.5. The van der Waals surface area contributed by atoms with Gasteiger partial charge in [0, 0.05) is 17.6 Å². The van der Waals surface area contributed by atoms with E-state index in [-0.39, 0.29) is 12.7 Å². The van der Waals surface area contributed by atoms with Crippen molar-refractivity contribution in [3.8, 4) is 23.0 Å². The van der Waals surface area contributed by atoms with Gasteiger partial charge in [-0.2, -0.15) is 0 Å².